The zero-order valence-corrected chi connectivity index (χ0v) is 3.50. The van der Waals surface area contributed by atoms with Gasteiger partial charge in [0.25, 0.3) is 0 Å². The molecule has 0 spiro atoms. The van der Waals surface area contributed by atoms with Gasteiger partial charge in [-0.15, -0.1) is 0 Å². The first-order valence-corrected chi connectivity index (χ1v) is 1.86. The first kappa shape index (κ1) is 4.33. The smallest absolute Gasteiger partial charge is 0.333 e. The molecule has 1 heterocycles. The molecule has 0 radical (unpaired) electrons. The molecule has 3 heteroatoms. The highest BCUT2D eigenvalue weighted by molar-refractivity contribution is 5.84. The van der Waals surface area contributed by atoms with Crippen LogP contribution in [0.25, 0.3) is 0 Å². The second-order valence-corrected chi connectivity index (χ2v) is 1.19. The van der Waals surface area contributed by atoms with Crippen LogP contribution in [0.15, 0.2) is 12.2 Å². The molecule has 0 aromatic rings. The third-order valence-electron chi connectivity index (χ3n) is 0.634. The second-order valence-electron chi connectivity index (χ2n) is 1.19. The predicted molar refractivity (Wildman–Crippen MR) is 21.2 cm³/mol. The summed E-state index contributed by atoms with van der Waals surface area (Å²) in [6, 6.07) is 0. The van der Waals surface area contributed by atoms with E-state index in [9.17, 15) is 4.79 Å². The van der Waals surface area contributed by atoms with E-state index in [0.29, 0.717) is 0 Å². The van der Waals surface area contributed by atoms with E-state index in [0.717, 1.165) is 0 Å². The Morgan fingerprint density at radius 1 is 1.86 bits per heavy atom. The van der Waals surface area contributed by atoms with Crippen molar-refractivity contribution in [1.29, 1.82) is 0 Å². The van der Waals surface area contributed by atoms with Gasteiger partial charge < -0.3 is 9.84 Å². The van der Waals surface area contributed by atoms with Crippen molar-refractivity contribution in [2.45, 2.75) is 6.29 Å². The first-order valence-electron chi connectivity index (χ1n) is 1.86. The molecule has 0 aromatic heterocycles. The lowest BCUT2D eigenvalue weighted by Crippen LogP contribution is -2.04. The standard InChI is InChI=1S/C4H4O3/c5-3-1-2-4(6)7-3/h1-3,5H. The Morgan fingerprint density at radius 2 is 2.57 bits per heavy atom. The van der Waals surface area contributed by atoms with Crippen molar-refractivity contribution in [3.63, 3.8) is 0 Å². The molecular weight excluding hydrogens is 96.0 g/mol. The van der Waals surface area contributed by atoms with E-state index in [1.54, 1.807) is 0 Å². The van der Waals surface area contributed by atoms with Crippen molar-refractivity contribution >= 4 is 5.97 Å². The molecule has 0 bridgehead atoms. The minimum absolute atomic E-state index is 0.479. The van der Waals surface area contributed by atoms with Crippen LogP contribution in [0.5, 0.6) is 0 Å². The van der Waals surface area contributed by atoms with Crippen LogP contribution >= 0.6 is 0 Å². The van der Waals surface area contributed by atoms with Gasteiger partial charge >= 0.3 is 5.97 Å². The van der Waals surface area contributed by atoms with E-state index in [1.807, 2.05) is 0 Å². The van der Waals surface area contributed by atoms with Gasteiger partial charge in [-0.05, 0) is 6.08 Å². The van der Waals surface area contributed by atoms with Crippen LogP contribution in [0.2, 0.25) is 0 Å². The highest BCUT2D eigenvalue weighted by Gasteiger charge is 2.10. The Balaban J connectivity index is 2.58. The van der Waals surface area contributed by atoms with Gasteiger partial charge in [0.1, 0.15) is 0 Å². The molecule has 0 fully saturated rings. The Hall–Kier alpha value is -0.830. The quantitative estimate of drug-likeness (QED) is 0.414. The van der Waals surface area contributed by atoms with E-state index in [-0.39, 0.29) is 0 Å². The molecule has 1 N–H and O–H groups in total. The normalized spacial score (nSPS) is 28.1. The van der Waals surface area contributed by atoms with Crippen LogP contribution < -0.4 is 0 Å². The molecule has 0 amide bonds. The maximum absolute atomic E-state index is 9.98. The predicted octanol–water partition coefficient (Wildman–Crippen LogP) is -0.582. The van der Waals surface area contributed by atoms with E-state index >= 15 is 0 Å². The Labute approximate surface area is 40.2 Å². The minimum atomic E-state index is -1.01. The van der Waals surface area contributed by atoms with Crippen molar-refractivity contribution in [2.75, 3.05) is 0 Å². The molecule has 0 aromatic carbocycles. The summed E-state index contributed by atoms with van der Waals surface area (Å²) in [6.45, 7) is 0. The fourth-order valence-electron chi connectivity index (χ4n) is 0.358. The average Bonchev–Trinajstić information content (AvgIpc) is 1.87. The highest BCUT2D eigenvalue weighted by atomic mass is 16.6. The zero-order valence-electron chi connectivity index (χ0n) is 3.50. The number of carbonyl (C=O) groups excluding carboxylic acids is 1. The molecule has 3 nitrogen and oxygen atoms in total. The Bertz CT molecular complexity index is 116. The number of esters is 1. The van der Waals surface area contributed by atoms with E-state index in [4.69, 9.17) is 5.11 Å². The number of ether oxygens (including phenoxy) is 1. The van der Waals surface area contributed by atoms with Gasteiger partial charge in [-0.25, -0.2) is 4.79 Å². The van der Waals surface area contributed by atoms with Crippen molar-refractivity contribution in [3.05, 3.63) is 12.2 Å². The molecule has 38 valence electrons. The van der Waals surface area contributed by atoms with Gasteiger partial charge in [0.2, 0.25) is 6.29 Å². The second kappa shape index (κ2) is 1.35. The van der Waals surface area contributed by atoms with Crippen molar-refractivity contribution in [2.24, 2.45) is 0 Å². The molecule has 0 saturated carbocycles. The monoisotopic (exact) mass is 100 g/mol. The van der Waals surface area contributed by atoms with Crippen LogP contribution in [-0.2, 0) is 9.53 Å². The number of rotatable bonds is 0. The topological polar surface area (TPSA) is 46.5 Å². The summed E-state index contributed by atoms with van der Waals surface area (Å²) in [5.41, 5.74) is 0. The molecule has 1 atom stereocenters. The van der Waals surface area contributed by atoms with Crippen LogP contribution in [0, 0.1) is 0 Å². The summed E-state index contributed by atoms with van der Waals surface area (Å²) in [4.78, 5) is 9.98. The lowest BCUT2D eigenvalue weighted by molar-refractivity contribution is -0.150. The SMILES string of the molecule is O=C1C=CC(O)O1. The maximum Gasteiger partial charge on any atom is 0.333 e. The number of aliphatic hydroxyl groups is 1. The summed E-state index contributed by atoms with van der Waals surface area (Å²) in [5, 5.41) is 8.37. The fraction of sp³-hybridized carbons (Fsp3) is 0.250. The lowest BCUT2D eigenvalue weighted by Gasteiger charge is -1.94. The number of aliphatic hydroxyl groups excluding tert-OH is 1. The molecule has 1 rings (SSSR count). The zero-order chi connectivity index (χ0) is 5.28. The van der Waals surface area contributed by atoms with Gasteiger partial charge in [-0.2, -0.15) is 0 Å². The van der Waals surface area contributed by atoms with Crippen molar-refractivity contribution < 1.29 is 14.6 Å². The van der Waals surface area contributed by atoms with Crippen molar-refractivity contribution in [3.8, 4) is 0 Å². The van der Waals surface area contributed by atoms with Crippen LogP contribution in [-0.4, -0.2) is 17.4 Å². The molecular formula is C4H4O3. The molecule has 1 aliphatic heterocycles. The third-order valence-corrected chi connectivity index (χ3v) is 0.634. The van der Waals surface area contributed by atoms with E-state index < -0.39 is 12.3 Å². The van der Waals surface area contributed by atoms with E-state index in [2.05, 4.69) is 4.74 Å². The lowest BCUT2D eigenvalue weighted by atomic mass is 10.5. The summed E-state index contributed by atoms with van der Waals surface area (Å²) in [6.07, 6.45) is 1.46. The Kier molecular flexibility index (Phi) is 0.834. The summed E-state index contributed by atoms with van der Waals surface area (Å²) in [5.74, 6) is -0.479. The van der Waals surface area contributed by atoms with Crippen molar-refractivity contribution in [1.82, 2.24) is 0 Å². The Morgan fingerprint density at radius 3 is 2.71 bits per heavy atom. The summed E-state index contributed by atoms with van der Waals surface area (Å²) < 4.78 is 4.17. The fourth-order valence-corrected chi connectivity index (χ4v) is 0.358. The largest absolute Gasteiger partial charge is 0.429 e. The maximum atomic E-state index is 9.98. The number of cyclic esters (lactones) is 1. The first-order chi connectivity index (χ1) is 3.29. The molecule has 1 aliphatic rings. The van der Waals surface area contributed by atoms with Gasteiger partial charge in [-0.1, -0.05) is 0 Å². The van der Waals surface area contributed by atoms with Gasteiger partial charge in [-0.3, -0.25) is 0 Å². The van der Waals surface area contributed by atoms with Crippen LogP contribution in [0.4, 0.5) is 0 Å². The summed E-state index contributed by atoms with van der Waals surface area (Å²) >= 11 is 0. The van der Waals surface area contributed by atoms with Gasteiger partial charge in [0.15, 0.2) is 0 Å². The minimum Gasteiger partial charge on any atom is -0.429 e. The number of hydrogen-bond acceptors (Lipinski definition) is 3. The highest BCUT2D eigenvalue weighted by Crippen LogP contribution is 1.98. The van der Waals surface area contributed by atoms with Crippen LogP contribution in [0.3, 0.4) is 0 Å². The molecule has 1 unspecified atom stereocenters. The number of hydrogen-bond donors (Lipinski definition) is 1. The van der Waals surface area contributed by atoms with Gasteiger partial charge in [0.05, 0.1) is 0 Å². The average molecular weight is 100 g/mol. The number of carbonyl (C=O) groups is 1. The summed E-state index contributed by atoms with van der Waals surface area (Å²) in [7, 11) is 0. The van der Waals surface area contributed by atoms with Crippen LogP contribution in [0.1, 0.15) is 0 Å². The molecule has 0 saturated heterocycles. The third kappa shape index (κ3) is 0.778. The molecule has 7 heavy (non-hydrogen) atoms. The molecule has 0 aliphatic carbocycles. The van der Waals surface area contributed by atoms with Gasteiger partial charge in [0, 0.05) is 6.08 Å². The van der Waals surface area contributed by atoms with E-state index in [1.165, 1.54) is 12.2 Å².